The first kappa shape index (κ1) is 21.5. The number of ether oxygens (including phenoxy) is 1. The first-order valence-electron chi connectivity index (χ1n) is 9.34. The minimum atomic E-state index is -1.80. The van der Waals surface area contributed by atoms with E-state index in [1.54, 1.807) is 25.7 Å². The van der Waals surface area contributed by atoms with Crippen molar-refractivity contribution in [2.75, 3.05) is 19.0 Å². The number of benzene rings is 2. The van der Waals surface area contributed by atoms with Crippen molar-refractivity contribution in [1.82, 2.24) is 24.9 Å². The standard InChI is InChI=1S/C21H17Cl3N6O/c1-31-17-7-6-16(14-4-2-3-5-15(14)17)18-28-19(21(22,23)24)30-20(29-18)27-9-8-13-12-25-10-11-26-13/h2-7,10-12H,8-9H2,1H3,(H,27,28,29,30). The SMILES string of the molecule is COc1ccc(-c2nc(NCCc3cnccn3)nc(C(Cl)(Cl)Cl)n2)c2ccccc12. The summed E-state index contributed by atoms with van der Waals surface area (Å²) < 4.78 is 3.67. The third-order valence-corrected chi connectivity index (χ3v) is 5.02. The molecule has 0 amide bonds. The maximum absolute atomic E-state index is 6.10. The van der Waals surface area contributed by atoms with E-state index in [1.165, 1.54) is 0 Å². The summed E-state index contributed by atoms with van der Waals surface area (Å²) in [4.78, 5) is 21.6. The third kappa shape index (κ3) is 4.95. The number of hydrogen-bond donors (Lipinski definition) is 1. The average molecular weight is 476 g/mol. The van der Waals surface area contributed by atoms with E-state index in [9.17, 15) is 0 Å². The van der Waals surface area contributed by atoms with Crippen LogP contribution < -0.4 is 10.1 Å². The van der Waals surface area contributed by atoms with Crippen LogP contribution in [0.25, 0.3) is 22.2 Å². The normalized spacial score (nSPS) is 11.5. The van der Waals surface area contributed by atoms with Crippen molar-refractivity contribution >= 4 is 51.5 Å². The van der Waals surface area contributed by atoms with Gasteiger partial charge in [-0.2, -0.15) is 9.97 Å². The molecule has 0 aliphatic rings. The fourth-order valence-corrected chi connectivity index (χ4v) is 3.36. The maximum Gasteiger partial charge on any atom is 0.250 e. The van der Waals surface area contributed by atoms with Gasteiger partial charge in [0.25, 0.3) is 0 Å². The van der Waals surface area contributed by atoms with Crippen molar-refractivity contribution in [3.8, 4) is 17.1 Å². The van der Waals surface area contributed by atoms with E-state index in [-0.39, 0.29) is 5.82 Å². The van der Waals surface area contributed by atoms with Gasteiger partial charge in [0.15, 0.2) is 11.6 Å². The monoisotopic (exact) mass is 474 g/mol. The number of anilines is 1. The Morgan fingerprint density at radius 3 is 2.48 bits per heavy atom. The Balaban J connectivity index is 1.72. The average Bonchev–Trinajstić information content (AvgIpc) is 2.78. The van der Waals surface area contributed by atoms with E-state index < -0.39 is 3.79 Å². The maximum atomic E-state index is 6.10. The van der Waals surface area contributed by atoms with Crippen LogP contribution >= 0.6 is 34.8 Å². The molecule has 158 valence electrons. The summed E-state index contributed by atoms with van der Waals surface area (Å²) in [5, 5.41) is 4.99. The molecular weight excluding hydrogens is 459 g/mol. The Bertz CT molecular complexity index is 1200. The molecule has 7 nitrogen and oxygen atoms in total. The second-order valence-electron chi connectivity index (χ2n) is 6.54. The highest BCUT2D eigenvalue weighted by molar-refractivity contribution is 6.66. The lowest BCUT2D eigenvalue weighted by Gasteiger charge is -2.15. The van der Waals surface area contributed by atoms with Crippen LogP contribution in [0.4, 0.5) is 5.95 Å². The molecule has 0 saturated heterocycles. The Hall–Kier alpha value is -2.74. The zero-order valence-electron chi connectivity index (χ0n) is 16.4. The molecule has 0 aliphatic carbocycles. The Morgan fingerprint density at radius 1 is 0.968 bits per heavy atom. The van der Waals surface area contributed by atoms with Crippen molar-refractivity contribution in [3.05, 3.63) is 66.5 Å². The van der Waals surface area contributed by atoms with Gasteiger partial charge in [0.2, 0.25) is 9.74 Å². The zero-order chi connectivity index (χ0) is 21.8. The van der Waals surface area contributed by atoms with Gasteiger partial charge in [0, 0.05) is 42.5 Å². The number of nitrogens with one attached hydrogen (secondary N) is 1. The summed E-state index contributed by atoms with van der Waals surface area (Å²) in [5.74, 6) is 1.47. The largest absolute Gasteiger partial charge is 0.496 e. The molecule has 1 N–H and O–H groups in total. The van der Waals surface area contributed by atoms with E-state index in [1.807, 2.05) is 36.4 Å². The summed E-state index contributed by atoms with van der Waals surface area (Å²) in [6.07, 6.45) is 5.61. The van der Waals surface area contributed by atoms with E-state index in [0.717, 1.165) is 27.8 Å². The van der Waals surface area contributed by atoms with Crippen LogP contribution in [0.2, 0.25) is 0 Å². The van der Waals surface area contributed by atoms with Gasteiger partial charge in [-0.1, -0.05) is 59.1 Å². The lowest BCUT2D eigenvalue weighted by atomic mass is 10.0. The highest BCUT2D eigenvalue weighted by Gasteiger charge is 2.29. The van der Waals surface area contributed by atoms with Crippen LogP contribution in [-0.4, -0.2) is 38.6 Å². The van der Waals surface area contributed by atoms with Crippen molar-refractivity contribution in [2.45, 2.75) is 10.2 Å². The number of methoxy groups -OCH3 is 1. The smallest absolute Gasteiger partial charge is 0.250 e. The molecule has 0 aliphatic heterocycles. The molecule has 2 heterocycles. The van der Waals surface area contributed by atoms with Crippen LogP contribution in [0.5, 0.6) is 5.75 Å². The molecule has 0 bridgehead atoms. The molecule has 10 heteroatoms. The summed E-state index contributed by atoms with van der Waals surface area (Å²) in [5.41, 5.74) is 1.61. The van der Waals surface area contributed by atoms with E-state index in [0.29, 0.717) is 24.7 Å². The Labute approximate surface area is 193 Å². The van der Waals surface area contributed by atoms with Crippen molar-refractivity contribution in [1.29, 1.82) is 0 Å². The molecule has 0 fully saturated rings. The van der Waals surface area contributed by atoms with Gasteiger partial charge in [-0.15, -0.1) is 0 Å². The molecule has 0 saturated carbocycles. The van der Waals surface area contributed by atoms with E-state index in [2.05, 4.69) is 30.2 Å². The summed E-state index contributed by atoms with van der Waals surface area (Å²) in [6, 6.07) is 11.5. The first-order valence-corrected chi connectivity index (χ1v) is 10.5. The topological polar surface area (TPSA) is 85.7 Å². The molecular formula is C21H17Cl3N6O. The first-order chi connectivity index (χ1) is 15.0. The number of halogens is 3. The van der Waals surface area contributed by atoms with E-state index >= 15 is 0 Å². The van der Waals surface area contributed by atoms with Crippen LogP contribution in [0.3, 0.4) is 0 Å². The molecule has 0 radical (unpaired) electrons. The van der Waals surface area contributed by atoms with Gasteiger partial charge in [-0.05, 0) is 17.5 Å². The van der Waals surface area contributed by atoms with Crippen molar-refractivity contribution in [3.63, 3.8) is 0 Å². The highest BCUT2D eigenvalue weighted by Crippen LogP contribution is 2.38. The number of rotatable bonds is 6. The van der Waals surface area contributed by atoms with Gasteiger partial charge in [-0.25, -0.2) is 4.98 Å². The van der Waals surface area contributed by atoms with Crippen LogP contribution in [0.15, 0.2) is 55.0 Å². The van der Waals surface area contributed by atoms with Crippen molar-refractivity contribution in [2.24, 2.45) is 0 Å². The molecule has 31 heavy (non-hydrogen) atoms. The molecule has 4 aromatic rings. The zero-order valence-corrected chi connectivity index (χ0v) is 18.7. The highest BCUT2D eigenvalue weighted by atomic mass is 35.6. The Kier molecular flexibility index (Phi) is 6.36. The van der Waals surface area contributed by atoms with Gasteiger partial charge < -0.3 is 10.1 Å². The number of aromatic nitrogens is 5. The predicted octanol–water partition coefficient (Wildman–Crippen LogP) is 4.97. The third-order valence-electron chi connectivity index (χ3n) is 4.51. The van der Waals surface area contributed by atoms with Crippen LogP contribution in [0, 0.1) is 0 Å². The number of fused-ring (bicyclic) bond motifs is 1. The van der Waals surface area contributed by atoms with Gasteiger partial charge >= 0.3 is 0 Å². The molecule has 4 rings (SSSR count). The van der Waals surface area contributed by atoms with Crippen LogP contribution in [-0.2, 0) is 10.2 Å². The van der Waals surface area contributed by atoms with E-state index in [4.69, 9.17) is 39.5 Å². The second kappa shape index (κ2) is 9.18. The summed E-state index contributed by atoms with van der Waals surface area (Å²) >= 11 is 18.3. The Morgan fingerprint density at radius 2 is 1.77 bits per heavy atom. The lowest BCUT2D eigenvalue weighted by molar-refractivity contribution is 0.420. The quantitative estimate of drug-likeness (QED) is 0.394. The lowest BCUT2D eigenvalue weighted by Crippen LogP contribution is -2.15. The minimum absolute atomic E-state index is 0.0319. The molecule has 0 atom stereocenters. The number of nitrogens with zero attached hydrogens (tertiary/aromatic N) is 5. The number of hydrogen-bond acceptors (Lipinski definition) is 7. The summed E-state index contributed by atoms with van der Waals surface area (Å²) in [6.45, 7) is 0.519. The number of alkyl halides is 3. The minimum Gasteiger partial charge on any atom is -0.496 e. The van der Waals surface area contributed by atoms with Crippen molar-refractivity contribution < 1.29 is 4.74 Å². The van der Waals surface area contributed by atoms with Crippen LogP contribution in [0.1, 0.15) is 11.5 Å². The fourth-order valence-electron chi connectivity index (χ4n) is 3.11. The molecule has 2 aromatic heterocycles. The summed E-state index contributed by atoms with van der Waals surface area (Å²) in [7, 11) is 1.63. The molecule has 0 unspecified atom stereocenters. The predicted molar refractivity (Wildman–Crippen MR) is 123 cm³/mol. The fraction of sp³-hybridized carbons (Fsp3) is 0.190. The van der Waals surface area contributed by atoms with Gasteiger partial charge in [-0.3, -0.25) is 9.97 Å². The van der Waals surface area contributed by atoms with Gasteiger partial charge in [0.05, 0.1) is 12.8 Å². The van der Waals surface area contributed by atoms with Gasteiger partial charge in [0.1, 0.15) is 5.75 Å². The molecule has 2 aromatic carbocycles. The molecule has 0 spiro atoms. The second-order valence-corrected chi connectivity index (χ2v) is 8.82.